The molecule has 2 unspecified atom stereocenters. The van der Waals surface area contributed by atoms with Crippen LogP contribution in [0, 0.1) is 0 Å². The maximum Gasteiger partial charge on any atom is 0.305 e. The summed E-state index contributed by atoms with van der Waals surface area (Å²) < 4.78 is 5.46. The maximum atomic E-state index is 12.5. The van der Waals surface area contributed by atoms with Crippen LogP contribution < -0.4 is 5.32 Å². The molecule has 0 aliphatic heterocycles. The van der Waals surface area contributed by atoms with Crippen molar-refractivity contribution >= 4 is 11.9 Å². The van der Waals surface area contributed by atoms with E-state index in [0.717, 1.165) is 38.5 Å². The molecule has 3 N–H and O–H groups in total. The van der Waals surface area contributed by atoms with Crippen LogP contribution >= 0.6 is 0 Å². The summed E-state index contributed by atoms with van der Waals surface area (Å²) in [4.78, 5) is 24.4. The molecule has 0 heterocycles. The van der Waals surface area contributed by atoms with Gasteiger partial charge in [-0.05, 0) is 25.7 Å². The zero-order valence-corrected chi connectivity index (χ0v) is 42.1. The van der Waals surface area contributed by atoms with E-state index in [4.69, 9.17) is 4.74 Å². The summed E-state index contributed by atoms with van der Waals surface area (Å²) in [5.41, 5.74) is 0. The summed E-state index contributed by atoms with van der Waals surface area (Å²) >= 11 is 0. The highest BCUT2D eigenvalue weighted by molar-refractivity contribution is 5.76. The molecule has 0 aromatic rings. The molecule has 0 aromatic carbocycles. The lowest BCUT2D eigenvalue weighted by atomic mass is 10.0. The fraction of sp³-hybridized carbons (Fsp3) is 0.964. The van der Waals surface area contributed by atoms with Gasteiger partial charge in [0.2, 0.25) is 5.91 Å². The van der Waals surface area contributed by atoms with E-state index in [2.05, 4.69) is 19.2 Å². The van der Waals surface area contributed by atoms with Gasteiger partial charge < -0.3 is 20.3 Å². The van der Waals surface area contributed by atoms with Gasteiger partial charge in [-0.25, -0.2) is 0 Å². The SMILES string of the molecule is CCCCCCCCCCCCCCCCC(O)C(CO)NC(=O)CCCCCCCCCCCCCCCCCCCCCCOC(=O)CCCCCCCCCCCCC. The van der Waals surface area contributed by atoms with Gasteiger partial charge in [-0.2, -0.15) is 0 Å². The molecule has 0 saturated heterocycles. The molecule has 62 heavy (non-hydrogen) atoms. The minimum Gasteiger partial charge on any atom is -0.466 e. The Morgan fingerprint density at radius 3 is 0.984 bits per heavy atom. The van der Waals surface area contributed by atoms with Crippen LogP contribution in [0.2, 0.25) is 0 Å². The number of hydrogen-bond donors (Lipinski definition) is 3. The van der Waals surface area contributed by atoms with Crippen molar-refractivity contribution in [2.45, 2.75) is 334 Å². The summed E-state index contributed by atoms with van der Waals surface area (Å²) in [6.45, 7) is 4.96. The van der Waals surface area contributed by atoms with E-state index in [1.165, 1.54) is 250 Å². The normalized spacial score (nSPS) is 12.5. The number of amides is 1. The second kappa shape index (κ2) is 52.5. The van der Waals surface area contributed by atoms with Gasteiger partial charge in [0.15, 0.2) is 0 Å². The van der Waals surface area contributed by atoms with Crippen LogP contribution in [0.25, 0.3) is 0 Å². The fourth-order valence-electron chi connectivity index (χ4n) is 9.05. The Bertz CT molecular complexity index is 882. The van der Waals surface area contributed by atoms with Crippen molar-refractivity contribution in [2.24, 2.45) is 0 Å². The molecule has 1 amide bonds. The number of hydrogen-bond acceptors (Lipinski definition) is 5. The van der Waals surface area contributed by atoms with E-state index in [1.54, 1.807) is 0 Å². The van der Waals surface area contributed by atoms with E-state index >= 15 is 0 Å². The number of aliphatic hydroxyl groups is 2. The standard InChI is InChI=1S/C56H111NO5/c1-3-5-7-9-11-13-15-16-25-29-32-36-40-44-48-54(59)53(52-58)57-55(60)49-45-41-37-33-30-26-23-21-19-17-18-20-22-24-27-31-35-39-43-47-51-62-56(61)50-46-42-38-34-28-14-12-10-8-6-4-2/h53-54,58-59H,3-52H2,1-2H3,(H,57,60). The van der Waals surface area contributed by atoms with Gasteiger partial charge in [0.25, 0.3) is 0 Å². The number of nitrogens with one attached hydrogen (secondary N) is 1. The maximum absolute atomic E-state index is 12.5. The average Bonchev–Trinajstić information content (AvgIpc) is 3.27. The molecular weight excluding hydrogens is 767 g/mol. The van der Waals surface area contributed by atoms with E-state index in [-0.39, 0.29) is 18.5 Å². The predicted molar refractivity (Wildman–Crippen MR) is 269 cm³/mol. The molecule has 0 bridgehead atoms. The number of ether oxygens (including phenoxy) is 1. The van der Waals surface area contributed by atoms with Gasteiger partial charge in [-0.1, -0.05) is 284 Å². The second-order valence-electron chi connectivity index (χ2n) is 19.6. The van der Waals surface area contributed by atoms with Crippen LogP contribution in [-0.2, 0) is 14.3 Å². The number of carbonyl (C=O) groups excluding carboxylic acids is 2. The molecular formula is C56H111NO5. The summed E-state index contributed by atoms with van der Waals surface area (Å²) in [5, 5.41) is 23.2. The van der Waals surface area contributed by atoms with Crippen LogP contribution in [0.4, 0.5) is 0 Å². The third-order valence-corrected chi connectivity index (χ3v) is 13.4. The Balaban J connectivity index is 3.38. The first-order chi connectivity index (χ1) is 30.5. The van der Waals surface area contributed by atoms with E-state index < -0.39 is 12.1 Å². The van der Waals surface area contributed by atoms with Crippen molar-refractivity contribution in [2.75, 3.05) is 13.2 Å². The molecule has 6 nitrogen and oxygen atoms in total. The van der Waals surface area contributed by atoms with Gasteiger partial charge >= 0.3 is 5.97 Å². The molecule has 0 aromatic heterocycles. The molecule has 0 radical (unpaired) electrons. The van der Waals surface area contributed by atoms with Crippen molar-refractivity contribution in [3.63, 3.8) is 0 Å². The van der Waals surface area contributed by atoms with Crippen molar-refractivity contribution < 1.29 is 24.5 Å². The first-order valence-corrected chi connectivity index (χ1v) is 28.3. The highest BCUT2D eigenvalue weighted by atomic mass is 16.5. The summed E-state index contributed by atoms with van der Waals surface area (Å²) in [6, 6.07) is -0.541. The van der Waals surface area contributed by atoms with Crippen LogP contribution in [0.3, 0.4) is 0 Å². The number of carbonyl (C=O) groups is 2. The highest BCUT2D eigenvalue weighted by Crippen LogP contribution is 2.18. The predicted octanol–water partition coefficient (Wildman–Crippen LogP) is 17.1. The Kier molecular flexibility index (Phi) is 51.5. The van der Waals surface area contributed by atoms with Gasteiger partial charge in [-0.15, -0.1) is 0 Å². The topological polar surface area (TPSA) is 95.9 Å². The van der Waals surface area contributed by atoms with Crippen LogP contribution in [-0.4, -0.2) is 47.4 Å². The molecule has 0 fully saturated rings. The molecule has 370 valence electrons. The van der Waals surface area contributed by atoms with Crippen LogP contribution in [0.15, 0.2) is 0 Å². The molecule has 0 saturated carbocycles. The van der Waals surface area contributed by atoms with Crippen molar-refractivity contribution in [3.05, 3.63) is 0 Å². The zero-order chi connectivity index (χ0) is 45.1. The largest absolute Gasteiger partial charge is 0.466 e. The molecule has 2 atom stereocenters. The third kappa shape index (κ3) is 48.3. The first kappa shape index (κ1) is 60.9. The third-order valence-electron chi connectivity index (χ3n) is 13.4. The minimum absolute atomic E-state index is 0.0110. The monoisotopic (exact) mass is 878 g/mol. The molecule has 0 rings (SSSR count). The Hall–Kier alpha value is -1.14. The number of esters is 1. The average molecular weight is 879 g/mol. The Morgan fingerprint density at radius 1 is 0.387 bits per heavy atom. The van der Waals surface area contributed by atoms with Gasteiger partial charge in [0.05, 0.1) is 25.4 Å². The minimum atomic E-state index is -0.663. The lowest BCUT2D eigenvalue weighted by molar-refractivity contribution is -0.143. The lowest BCUT2D eigenvalue weighted by Gasteiger charge is -2.22. The first-order valence-electron chi connectivity index (χ1n) is 28.3. The molecule has 6 heteroatoms. The van der Waals surface area contributed by atoms with Gasteiger partial charge in [0.1, 0.15) is 0 Å². The quantitative estimate of drug-likeness (QED) is 0.0418. The summed E-state index contributed by atoms with van der Waals surface area (Å²) in [6.07, 6.45) is 59.5. The van der Waals surface area contributed by atoms with Crippen molar-refractivity contribution in [1.29, 1.82) is 0 Å². The van der Waals surface area contributed by atoms with Gasteiger partial charge in [0, 0.05) is 12.8 Å². The van der Waals surface area contributed by atoms with Crippen molar-refractivity contribution in [3.8, 4) is 0 Å². The second-order valence-corrected chi connectivity index (χ2v) is 19.6. The molecule has 0 aliphatic rings. The number of aliphatic hydroxyl groups excluding tert-OH is 2. The number of unbranched alkanes of at least 4 members (excludes halogenated alkanes) is 42. The smallest absolute Gasteiger partial charge is 0.305 e. The molecule has 0 spiro atoms. The highest BCUT2D eigenvalue weighted by Gasteiger charge is 2.20. The van der Waals surface area contributed by atoms with Crippen LogP contribution in [0.5, 0.6) is 0 Å². The van der Waals surface area contributed by atoms with Crippen LogP contribution in [0.1, 0.15) is 322 Å². The fourth-order valence-corrected chi connectivity index (χ4v) is 9.05. The Morgan fingerprint density at radius 2 is 0.661 bits per heavy atom. The summed E-state index contributed by atoms with van der Waals surface area (Å²) in [7, 11) is 0. The van der Waals surface area contributed by atoms with E-state index in [1.807, 2.05) is 0 Å². The summed E-state index contributed by atoms with van der Waals surface area (Å²) in [5.74, 6) is -0.0237. The number of rotatable bonds is 53. The zero-order valence-electron chi connectivity index (χ0n) is 42.1. The van der Waals surface area contributed by atoms with E-state index in [0.29, 0.717) is 25.9 Å². The molecule has 0 aliphatic carbocycles. The van der Waals surface area contributed by atoms with Gasteiger partial charge in [-0.3, -0.25) is 9.59 Å². The van der Waals surface area contributed by atoms with E-state index in [9.17, 15) is 19.8 Å². The Labute approximate surface area is 387 Å². The van der Waals surface area contributed by atoms with Crippen molar-refractivity contribution in [1.82, 2.24) is 5.32 Å². The lowest BCUT2D eigenvalue weighted by Crippen LogP contribution is -2.45.